The first-order valence-corrected chi connectivity index (χ1v) is 9.61. The molecule has 0 bridgehead atoms. The second-order valence-corrected chi connectivity index (χ2v) is 7.97. The minimum absolute atomic E-state index is 0.366. The highest BCUT2D eigenvalue weighted by Crippen LogP contribution is 2.36. The highest BCUT2D eigenvalue weighted by atomic mass is 16.3. The van der Waals surface area contributed by atoms with Gasteiger partial charge in [-0.25, -0.2) is 9.55 Å². The average molecular weight is 370 g/mol. The third-order valence-corrected chi connectivity index (χ3v) is 5.30. The van der Waals surface area contributed by atoms with Gasteiger partial charge in [0.05, 0.1) is 5.56 Å². The van der Waals surface area contributed by atoms with Gasteiger partial charge in [-0.3, -0.25) is 0 Å². The average Bonchev–Trinajstić information content (AvgIpc) is 3.01. The van der Waals surface area contributed by atoms with Crippen molar-refractivity contribution in [3.63, 3.8) is 0 Å². The molecule has 0 amide bonds. The van der Waals surface area contributed by atoms with Crippen molar-refractivity contribution in [1.82, 2.24) is 4.98 Å². The Morgan fingerprint density at radius 1 is 1.11 bits per heavy atom. The molecule has 4 heteroatoms. The highest BCUT2D eigenvalue weighted by molar-refractivity contribution is 6.08. The minimum atomic E-state index is 0.366. The monoisotopic (exact) mass is 370 g/mol. The SMILES string of the molecule is Cc1c[n+](C)c(-c2c(C)ccc3c2oc2nc(C#N)ccc23)cc1CC(C)C. The summed E-state index contributed by atoms with van der Waals surface area (Å²) in [4.78, 5) is 4.35. The molecule has 3 aromatic heterocycles. The van der Waals surface area contributed by atoms with E-state index in [1.165, 1.54) is 11.1 Å². The molecule has 28 heavy (non-hydrogen) atoms. The fourth-order valence-corrected chi connectivity index (χ4v) is 3.93. The maximum absolute atomic E-state index is 9.16. The molecule has 0 saturated heterocycles. The first kappa shape index (κ1) is 18.2. The number of rotatable bonds is 3. The van der Waals surface area contributed by atoms with Gasteiger partial charge in [0.2, 0.25) is 11.4 Å². The zero-order valence-electron chi connectivity index (χ0n) is 17.0. The summed E-state index contributed by atoms with van der Waals surface area (Å²) in [6.45, 7) is 8.77. The van der Waals surface area contributed by atoms with E-state index >= 15 is 0 Å². The van der Waals surface area contributed by atoms with Crippen LogP contribution in [0, 0.1) is 31.1 Å². The van der Waals surface area contributed by atoms with E-state index in [1.807, 2.05) is 6.07 Å². The highest BCUT2D eigenvalue weighted by Gasteiger charge is 2.22. The topological polar surface area (TPSA) is 53.7 Å². The Morgan fingerprint density at radius 2 is 1.86 bits per heavy atom. The standard InChI is InChI=1S/C24H24N3O/c1-14(2)10-17-11-21(27(5)13-16(17)4)22-15(3)6-8-19-20-9-7-18(12-25)26-24(20)28-23(19)22/h6-9,11,13-14H,10H2,1-5H3/q+1. The molecule has 4 rings (SSSR count). The lowest BCUT2D eigenvalue weighted by atomic mass is 9.95. The maximum Gasteiger partial charge on any atom is 0.228 e. The van der Waals surface area contributed by atoms with E-state index in [1.54, 1.807) is 6.07 Å². The van der Waals surface area contributed by atoms with E-state index in [0.717, 1.165) is 39.6 Å². The Hall–Kier alpha value is -3.19. The van der Waals surface area contributed by atoms with Crippen LogP contribution in [0.2, 0.25) is 0 Å². The van der Waals surface area contributed by atoms with Crippen LogP contribution in [-0.4, -0.2) is 4.98 Å². The first-order chi connectivity index (χ1) is 13.4. The second kappa shape index (κ2) is 6.76. The van der Waals surface area contributed by atoms with Gasteiger partial charge in [-0.05, 0) is 49.4 Å². The van der Waals surface area contributed by atoms with Crippen LogP contribution in [0.4, 0.5) is 0 Å². The van der Waals surface area contributed by atoms with Gasteiger partial charge in [0.15, 0.2) is 11.8 Å². The van der Waals surface area contributed by atoms with Gasteiger partial charge in [0, 0.05) is 22.4 Å². The molecule has 0 fully saturated rings. The summed E-state index contributed by atoms with van der Waals surface area (Å²) in [6, 6.07) is 12.3. The van der Waals surface area contributed by atoms with Crippen LogP contribution in [-0.2, 0) is 13.5 Å². The smallest absolute Gasteiger partial charge is 0.228 e. The third-order valence-electron chi connectivity index (χ3n) is 5.30. The molecule has 0 N–H and O–H groups in total. The number of nitrogens with zero attached hydrogens (tertiary/aromatic N) is 3. The molecule has 3 heterocycles. The number of aromatic nitrogens is 2. The molecular formula is C24H24N3O+. The van der Waals surface area contributed by atoms with Crippen LogP contribution in [0.1, 0.15) is 36.2 Å². The van der Waals surface area contributed by atoms with E-state index < -0.39 is 0 Å². The molecule has 0 aliphatic rings. The zero-order chi connectivity index (χ0) is 20.0. The van der Waals surface area contributed by atoms with Crippen molar-refractivity contribution in [2.75, 3.05) is 0 Å². The summed E-state index contributed by atoms with van der Waals surface area (Å²) < 4.78 is 8.36. The molecule has 4 aromatic rings. The molecular weight excluding hydrogens is 346 g/mol. The van der Waals surface area contributed by atoms with Crippen LogP contribution in [0.5, 0.6) is 0 Å². The summed E-state index contributed by atoms with van der Waals surface area (Å²) >= 11 is 0. The summed E-state index contributed by atoms with van der Waals surface area (Å²) in [5.41, 5.74) is 7.73. The van der Waals surface area contributed by atoms with E-state index in [4.69, 9.17) is 9.68 Å². The van der Waals surface area contributed by atoms with Crippen molar-refractivity contribution < 1.29 is 8.98 Å². The lowest BCUT2D eigenvalue weighted by molar-refractivity contribution is -0.660. The number of hydrogen-bond donors (Lipinski definition) is 0. The van der Waals surface area contributed by atoms with Gasteiger partial charge in [0.1, 0.15) is 18.8 Å². The molecule has 0 spiro atoms. The van der Waals surface area contributed by atoms with Crippen LogP contribution in [0.15, 0.2) is 40.9 Å². The Kier molecular flexibility index (Phi) is 4.39. The number of hydrogen-bond acceptors (Lipinski definition) is 3. The zero-order valence-corrected chi connectivity index (χ0v) is 17.0. The molecule has 0 saturated carbocycles. The maximum atomic E-state index is 9.16. The number of benzene rings is 1. The van der Waals surface area contributed by atoms with E-state index in [0.29, 0.717) is 17.3 Å². The van der Waals surface area contributed by atoms with E-state index in [2.05, 4.69) is 74.8 Å². The Morgan fingerprint density at radius 3 is 2.57 bits per heavy atom. The number of nitriles is 1. The minimum Gasteiger partial charge on any atom is -0.437 e. The predicted octanol–water partition coefficient (Wildman–Crippen LogP) is 5.16. The molecule has 0 unspecified atom stereocenters. The van der Waals surface area contributed by atoms with Gasteiger partial charge in [-0.1, -0.05) is 26.0 Å². The number of furan rings is 1. The van der Waals surface area contributed by atoms with Gasteiger partial charge in [-0.15, -0.1) is 0 Å². The van der Waals surface area contributed by atoms with Crippen LogP contribution < -0.4 is 4.57 Å². The normalized spacial score (nSPS) is 11.5. The van der Waals surface area contributed by atoms with Crippen molar-refractivity contribution in [3.8, 4) is 17.3 Å². The summed E-state index contributed by atoms with van der Waals surface area (Å²) in [6.07, 6.45) is 3.24. The van der Waals surface area contributed by atoms with Gasteiger partial charge in [-0.2, -0.15) is 5.26 Å². The molecule has 0 aliphatic carbocycles. The van der Waals surface area contributed by atoms with Crippen molar-refractivity contribution in [2.24, 2.45) is 13.0 Å². The van der Waals surface area contributed by atoms with Crippen LogP contribution in [0.25, 0.3) is 33.3 Å². The summed E-state index contributed by atoms with van der Waals surface area (Å²) in [5.74, 6) is 0.593. The predicted molar refractivity (Wildman–Crippen MR) is 111 cm³/mol. The lowest BCUT2D eigenvalue weighted by Gasteiger charge is -2.11. The second-order valence-electron chi connectivity index (χ2n) is 7.97. The quantitative estimate of drug-likeness (QED) is 0.468. The summed E-state index contributed by atoms with van der Waals surface area (Å²) in [5, 5.41) is 11.1. The molecule has 0 radical (unpaired) electrons. The van der Waals surface area contributed by atoms with Crippen molar-refractivity contribution in [3.05, 3.63) is 58.9 Å². The van der Waals surface area contributed by atoms with Crippen LogP contribution >= 0.6 is 0 Å². The van der Waals surface area contributed by atoms with Gasteiger partial charge < -0.3 is 4.42 Å². The Labute approximate surface area is 165 Å². The first-order valence-electron chi connectivity index (χ1n) is 9.61. The van der Waals surface area contributed by atoms with Gasteiger partial charge in [0.25, 0.3) is 0 Å². The van der Waals surface area contributed by atoms with E-state index in [9.17, 15) is 0 Å². The lowest BCUT2D eigenvalue weighted by Crippen LogP contribution is -2.32. The van der Waals surface area contributed by atoms with Gasteiger partial charge >= 0.3 is 0 Å². The number of pyridine rings is 2. The fourth-order valence-electron chi connectivity index (χ4n) is 3.93. The third kappa shape index (κ3) is 2.93. The number of aryl methyl sites for hydroxylation is 3. The Balaban J connectivity index is 2.03. The van der Waals surface area contributed by atoms with Crippen molar-refractivity contribution >= 4 is 22.1 Å². The largest absolute Gasteiger partial charge is 0.437 e. The Bertz CT molecular complexity index is 1260. The summed E-state index contributed by atoms with van der Waals surface area (Å²) in [7, 11) is 2.08. The molecule has 0 atom stereocenters. The fraction of sp³-hybridized carbons (Fsp3) is 0.292. The van der Waals surface area contributed by atoms with Crippen molar-refractivity contribution in [2.45, 2.75) is 34.1 Å². The molecule has 4 nitrogen and oxygen atoms in total. The van der Waals surface area contributed by atoms with E-state index in [-0.39, 0.29) is 0 Å². The molecule has 140 valence electrons. The number of fused-ring (bicyclic) bond motifs is 3. The molecule has 0 aliphatic heterocycles. The van der Waals surface area contributed by atoms with Crippen LogP contribution in [0.3, 0.4) is 0 Å². The van der Waals surface area contributed by atoms with Crippen molar-refractivity contribution in [1.29, 1.82) is 5.26 Å². The molecule has 1 aromatic carbocycles.